The summed E-state index contributed by atoms with van der Waals surface area (Å²) in [5, 5.41) is 22.8. The van der Waals surface area contributed by atoms with Crippen LogP contribution >= 0.6 is 0 Å². The third kappa shape index (κ3) is 3.30. The van der Waals surface area contributed by atoms with E-state index in [1.54, 1.807) is 24.5 Å². The summed E-state index contributed by atoms with van der Waals surface area (Å²) in [6, 6.07) is 4.32. The maximum absolute atomic E-state index is 11.2. The van der Waals surface area contributed by atoms with E-state index in [-0.39, 0.29) is 23.1 Å². The van der Waals surface area contributed by atoms with Crippen LogP contribution in [0.1, 0.15) is 28.9 Å². The molecule has 0 aromatic carbocycles. The quantitative estimate of drug-likeness (QED) is 0.639. The van der Waals surface area contributed by atoms with Gasteiger partial charge in [-0.1, -0.05) is 0 Å². The lowest BCUT2D eigenvalue weighted by molar-refractivity contribution is -0.385. The lowest BCUT2D eigenvalue weighted by Gasteiger charge is -2.15. The van der Waals surface area contributed by atoms with E-state index in [9.17, 15) is 14.9 Å². The predicted molar refractivity (Wildman–Crippen MR) is 74.1 cm³/mol. The van der Waals surface area contributed by atoms with Crippen molar-refractivity contribution in [1.82, 2.24) is 9.97 Å². The van der Waals surface area contributed by atoms with Gasteiger partial charge in [0.25, 0.3) is 5.69 Å². The van der Waals surface area contributed by atoms with Crippen LogP contribution in [-0.2, 0) is 0 Å². The van der Waals surface area contributed by atoms with Gasteiger partial charge in [-0.25, -0.2) is 9.78 Å². The van der Waals surface area contributed by atoms with Gasteiger partial charge in [-0.2, -0.15) is 0 Å². The van der Waals surface area contributed by atoms with Crippen molar-refractivity contribution >= 4 is 17.5 Å². The lowest BCUT2D eigenvalue weighted by atomic mass is 10.1. The van der Waals surface area contributed by atoms with Gasteiger partial charge in [0, 0.05) is 18.5 Å². The summed E-state index contributed by atoms with van der Waals surface area (Å²) in [4.78, 5) is 28.9. The van der Waals surface area contributed by atoms with Crippen molar-refractivity contribution in [3.8, 4) is 0 Å². The molecule has 8 heteroatoms. The summed E-state index contributed by atoms with van der Waals surface area (Å²) in [7, 11) is 0. The molecular weight excluding hydrogens is 276 g/mol. The van der Waals surface area contributed by atoms with Crippen molar-refractivity contribution in [2.24, 2.45) is 0 Å². The van der Waals surface area contributed by atoms with Gasteiger partial charge in [-0.05, 0) is 24.6 Å². The highest BCUT2D eigenvalue weighted by atomic mass is 16.6. The van der Waals surface area contributed by atoms with E-state index in [1.165, 1.54) is 0 Å². The minimum atomic E-state index is -1.28. The third-order valence-corrected chi connectivity index (χ3v) is 2.87. The Bertz CT molecular complexity index is 675. The van der Waals surface area contributed by atoms with Crippen molar-refractivity contribution in [2.75, 3.05) is 5.32 Å². The zero-order valence-electron chi connectivity index (χ0n) is 11.1. The Hall–Kier alpha value is -3.03. The minimum Gasteiger partial charge on any atom is -0.478 e. The number of nitro groups is 1. The highest BCUT2D eigenvalue weighted by molar-refractivity contribution is 5.93. The molecule has 1 atom stereocenters. The second-order valence-corrected chi connectivity index (χ2v) is 4.30. The van der Waals surface area contributed by atoms with Crippen LogP contribution in [-0.4, -0.2) is 26.0 Å². The molecule has 1 unspecified atom stereocenters. The predicted octanol–water partition coefficient (Wildman–Crippen LogP) is 2.26. The van der Waals surface area contributed by atoms with Gasteiger partial charge in [0.15, 0.2) is 0 Å². The minimum absolute atomic E-state index is 0.0809. The number of aromatic carboxylic acids is 1. The highest BCUT2D eigenvalue weighted by Crippen LogP contribution is 2.23. The van der Waals surface area contributed by atoms with E-state index in [0.29, 0.717) is 0 Å². The van der Waals surface area contributed by atoms with E-state index >= 15 is 0 Å². The van der Waals surface area contributed by atoms with Gasteiger partial charge in [0.2, 0.25) is 0 Å². The Morgan fingerprint density at radius 1 is 1.43 bits per heavy atom. The molecule has 0 aliphatic carbocycles. The number of nitrogens with one attached hydrogen (secondary N) is 1. The molecule has 0 spiro atoms. The van der Waals surface area contributed by atoms with Crippen molar-refractivity contribution in [3.05, 3.63) is 58.0 Å². The summed E-state index contributed by atoms with van der Waals surface area (Å²) in [5.74, 6) is -1.20. The summed E-state index contributed by atoms with van der Waals surface area (Å²) in [6.45, 7) is 1.82. The first-order valence-electron chi connectivity index (χ1n) is 6.03. The number of carbonyl (C=O) groups is 1. The number of hydrogen-bond acceptors (Lipinski definition) is 6. The molecule has 0 amide bonds. The molecule has 0 aliphatic rings. The van der Waals surface area contributed by atoms with Crippen molar-refractivity contribution in [1.29, 1.82) is 0 Å². The average molecular weight is 288 g/mol. The van der Waals surface area contributed by atoms with Crippen LogP contribution in [0.25, 0.3) is 0 Å². The number of aromatic nitrogens is 2. The molecule has 2 rings (SSSR count). The first-order chi connectivity index (χ1) is 9.99. The largest absolute Gasteiger partial charge is 0.478 e. The van der Waals surface area contributed by atoms with Crippen LogP contribution in [0.2, 0.25) is 0 Å². The fourth-order valence-electron chi connectivity index (χ4n) is 1.77. The molecule has 0 saturated carbocycles. The first-order valence-corrected chi connectivity index (χ1v) is 6.03. The second-order valence-electron chi connectivity index (χ2n) is 4.30. The van der Waals surface area contributed by atoms with Crippen LogP contribution in [0.4, 0.5) is 11.5 Å². The van der Waals surface area contributed by atoms with Gasteiger partial charge in [-0.3, -0.25) is 15.1 Å². The highest BCUT2D eigenvalue weighted by Gasteiger charge is 2.19. The molecule has 0 radical (unpaired) electrons. The normalized spacial score (nSPS) is 11.7. The number of pyridine rings is 2. The molecule has 2 heterocycles. The van der Waals surface area contributed by atoms with Crippen LogP contribution < -0.4 is 5.32 Å². The van der Waals surface area contributed by atoms with Crippen LogP contribution in [0.3, 0.4) is 0 Å². The number of hydrogen-bond donors (Lipinski definition) is 2. The van der Waals surface area contributed by atoms with Crippen molar-refractivity contribution < 1.29 is 14.8 Å². The van der Waals surface area contributed by atoms with Crippen LogP contribution in [0.15, 0.2) is 36.8 Å². The number of nitrogens with zero attached hydrogens (tertiary/aromatic N) is 3. The Morgan fingerprint density at radius 2 is 2.10 bits per heavy atom. The second kappa shape index (κ2) is 5.95. The van der Waals surface area contributed by atoms with Crippen LogP contribution in [0, 0.1) is 10.1 Å². The van der Waals surface area contributed by atoms with E-state index in [4.69, 9.17) is 5.11 Å². The summed E-state index contributed by atoms with van der Waals surface area (Å²) < 4.78 is 0. The molecule has 0 aliphatic heterocycles. The zero-order chi connectivity index (χ0) is 15.4. The van der Waals surface area contributed by atoms with E-state index in [2.05, 4.69) is 15.3 Å². The maximum Gasteiger partial charge on any atom is 0.339 e. The smallest absolute Gasteiger partial charge is 0.339 e. The van der Waals surface area contributed by atoms with Gasteiger partial charge in [0.1, 0.15) is 17.6 Å². The number of carboxylic acid groups (broad SMARTS) is 1. The fraction of sp³-hybridized carbons (Fsp3) is 0.154. The SMILES string of the molecule is CC(Nc1ncc([N+](=O)[O-])cc1C(=O)O)c1ccncc1. The summed E-state index contributed by atoms with van der Waals surface area (Å²) in [5.41, 5.74) is 0.279. The van der Waals surface area contributed by atoms with Gasteiger partial charge in [0.05, 0.1) is 11.0 Å². The molecule has 0 bridgehead atoms. The number of rotatable bonds is 5. The fourth-order valence-corrected chi connectivity index (χ4v) is 1.77. The maximum atomic E-state index is 11.2. The van der Waals surface area contributed by atoms with E-state index in [1.807, 2.05) is 6.92 Å². The molecular formula is C13H12N4O4. The molecule has 0 fully saturated rings. The molecule has 2 N–H and O–H groups in total. The van der Waals surface area contributed by atoms with Crippen molar-refractivity contribution in [2.45, 2.75) is 13.0 Å². The number of carboxylic acids is 1. The topological polar surface area (TPSA) is 118 Å². The third-order valence-electron chi connectivity index (χ3n) is 2.87. The van der Waals surface area contributed by atoms with E-state index < -0.39 is 10.9 Å². The Balaban J connectivity index is 2.31. The van der Waals surface area contributed by atoms with Gasteiger partial charge in [-0.15, -0.1) is 0 Å². The molecule has 0 saturated heterocycles. The average Bonchev–Trinajstić information content (AvgIpc) is 2.48. The van der Waals surface area contributed by atoms with Crippen LogP contribution in [0.5, 0.6) is 0 Å². The Labute approximate surface area is 119 Å². The number of anilines is 1. The van der Waals surface area contributed by atoms with E-state index in [0.717, 1.165) is 17.8 Å². The molecule has 8 nitrogen and oxygen atoms in total. The molecule has 108 valence electrons. The van der Waals surface area contributed by atoms with Crippen molar-refractivity contribution in [3.63, 3.8) is 0 Å². The molecule has 21 heavy (non-hydrogen) atoms. The first kappa shape index (κ1) is 14.4. The standard InChI is InChI=1S/C13H12N4O4/c1-8(9-2-4-14-5-3-9)16-12-11(13(18)19)6-10(7-15-12)17(20)21/h2-8H,1H3,(H,15,16)(H,18,19). The summed E-state index contributed by atoms with van der Waals surface area (Å²) >= 11 is 0. The molecule has 2 aromatic heterocycles. The Kier molecular flexibility index (Phi) is 4.07. The summed E-state index contributed by atoms with van der Waals surface area (Å²) in [6.07, 6.45) is 4.26. The van der Waals surface area contributed by atoms with Gasteiger partial charge >= 0.3 is 5.97 Å². The zero-order valence-corrected chi connectivity index (χ0v) is 11.1. The Morgan fingerprint density at radius 3 is 2.67 bits per heavy atom. The lowest BCUT2D eigenvalue weighted by Crippen LogP contribution is -2.12. The molecule has 2 aromatic rings. The van der Waals surface area contributed by atoms with Gasteiger partial charge < -0.3 is 10.4 Å². The monoisotopic (exact) mass is 288 g/mol.